The third kappa shape index (κ3) is 2.55. The van der Waals surface area contributed by atoms with Crippen LogP contribution in [0.15, 0.2) is 0 Å². The van der Waals surface area contributed by atoms with E-state index in [0.29, 0.717) is 25.9 Å². The van der Waals surface area contributed by atoms with Crippen LogP contribution < -0.4 is 5.73 Å². The first-order valence-corrected chi connectivity index (χ1v) is 6.25. The zero-order valence-electron chi connectivity index (χ0n) is 9.98. The summed E-state index contributed by atoms with van der Waals surface area (Å²) in [5, 5.41) is 9.82. The van der Waals surface area contributed by atoms with E-state index < -0.39 is 5.60 Å². The van der Waals surface area contributed by atoms with Crippen molar-refractivity contribution in [3.63, 3.8) is 0 Å². The highest BCUT2D eigenvalue weighted by Crippen LogP contribution is 2.28. The van der Waals surface area contributed by atoms with Gasteiger partial charge in [-0.3, -0.25) is 4.79 Å². The number of rotatable bonds is 1. The summed E-state index contributed by atoms with van der Waals surface area (Å²) in [6.07, 6.45) is 4.13. The molecule has 0 aromatic rings. The van der Waals surface area contributed by atoms with Crippen LogP contribution in [0.2, 0.25) is 0 Å². The number of piperidine rings is 1. The maximum atomic E-state index is 12.1. The Bertz CT molecular complexity index is 268. The molecule has 92 valence electrons. The van der Waals surface area contributed by atoms with E-state index in [2.05, 4.69) is 0 Å². The number of nitrogens with two attached hydrogens (primary N) is 1. The average molecular weight is 226 g/mol. The predicted octanol–water partition coefficient (Wildman–Crippen LogP) is 0.487. The van der Waals surface area contributed by atoms with Crippen LogP contribution in [0.1, 0.15) is 39.0 Å². The highest BCUT2D eigenvalue weighted by Gasteiger charge is 2.35. The van der Waals surface area contributed by atoms with Crippen LogP contribution >= 0.6 is 0 Å². The van der Waals surface area contributed by atoms with Gasteiger partial charge in [0.1, 0.15) is 0 Å². The molecule has 0 spiro atoms. The van der Waals surface area contributed by atoms with Crippen LogP contribution in [0.5, 0.6) is 0 Å². The smallest absolute Gasteiger partial charge is 0.225 e. The van der Waals surface area contributed by atoms with E-state index in [1.165, 1.54) is 0 Å². The van der Waals surface area contributed by atoms with Crippen molar-refractivity contribution in [2.45, 2.75) is 50.7 Å². The summed E-state index contributed by atoms with van der Waals surface area (Å²) in [4.78, 5) is 14.0. The van der Waals surface area contributed by atoms with Crippen molar-refractivity contribution < 1.29 is 9.90 Å². The van der Waals surface area contributed by atoms with Crippen LogP contribution in [0.4, 0.5) is 0 Å². The molecule has 2 atom stereocenters. The Morgan fingerprint density at radius 3 is 2.50 bits per heavy atom. The molecule has 0 aromatic carbocycles. The molecular weight excluding hydrogens is 204 g/mol. The average Bonchev–Trinajstić information content (AvgIpc) is 2.64. The number of carbonyl (C=O) groups excluding carboxylic acids is 1. The highest BCUT2D eigenvalue weighted by atomic mass is 16.3. The summed E-state index contributed by atoms with van der Waals surface area (Å²) in [7, 11) is 0. The lowest BCUT2D eigenvalue weighted by molar-refractivity contribution is -0.139. The van der Waals surface area contributed by atoms with Crippen LogP contribution in [0.25, 0.3) is 0 Å². The molecule has 3 N–H and O–H groups in total. The van der Waals surface area contributed by atoms with Gasteiger partial charge in [-0.15, -0.1) is 0 Å². The van der Waals surface area contributed by atoms with E-state index in [1.807, 2.05) is 11.8 Å². The number of nitrogens with zero attached hydrogens (tertiary/aromatic N) is 1. The van der Waals surface area contributed by atoms with Gasteiger partial charge in [-0.05, 0) is 39.0 Å². The largest absolute Gasteiger partial charge is 0.390 e. The summed E-state index contributed by atoms with van der Waals surface area (Å²) in [5.74, 6) is 0.390. The van der Waals surface area contributed by atoms with Crippen molar-refractivity contribution in [2.75, 3.05) is 13.1 Å². The van der Waals surface area contributed by atoms with Gasteiger partial charge in [0.15, 0.2) is 0 Å². The maximum Gasteiger partial charge on any atom is 0.225 e. The van der Waals surface area contributed by atoms with Gasteiger partial charge in [-0.2, -0.15) is 0 Å². The number of hydrogen-bond donors (Lipinski definition) is 2. The third-order valence-electron chi connectivity index (χ3n) is 3.97. The molecule has 4 heteroatoms. The molecule has 2 rings (SSSR count). The molecule has 1 saturated heterocycles. The first kappa shape index (κ1) is 11.9. The van der Waals surface area contributed by atoms with Crippen molar-refractivity contribution in [2.24, 2.45) is 11.7 Å². The molecule has 1 aliphatic carbocycles. The number of aliphatic hydroxyl groups is 1. The quantitative estimate of drug-likeness (QED) is 0.683. The van der Waals surface area contributed by atoms with E-state index in [9.17, 15) is 9.90 Å². The van der Waals surface area contributed by atoms with Crippen molar-refractivity contribution in [1.82, 2.24) is 4.90 Å². The molecule has 1 heterocycles. The molecule has 0 bridgehead atoms. The van der Waals surface area contributed by atoms with E-state index in [-0.39, 0.29) is 17.9 Å². The van der Waals surface area contributed by atoms with E-state index in [1.54, 1.807) is 0 Å². The minimum absolute atomic E-state index is 0.137. The Hall–Kier alpha value is -0.610. The van der Waals surface area contributed by atoms with Crippen molar-refractivity contribution in [1.29, 1.82) is 0 Å². The first-order valence-electron chi connectivity index (χ1n) is 6.25. The molecule has 0 aromatic heterocycles. The number of likely N-dealkylation sites (tertiary alicyclic amines) is 1. The lowest BCUT2D eigenvalue weighted by Gasteiger charge is -2.37. The molecule has 1 saturated carbocycles. The van der Waals surface area contributed by atoms with Crippen LogP contribution in [-0.2, 0) is 4.79 Å². The zero-order chi connectivity index (χ0) is 11.8. The van der Waals surface area contributed by atoms with Crippen molar-refractivity contribution >= 4 is 5.91 Å². The highest BCUT2D eigenvalue weighted by molar-refractivity contribution is 5.79. The topological polar surface area (TPSA) is 66.6 Å². The zero-order valence-corrected chi connectivity index (χ0v) is 9.98. The predicted molar refractivity (Wildman–Crippen MR) is 61.8 cm³/mol. The lowest BCUT2D eigenvalue weighted by atomic mass is 9.93. The third-order valence-corrected chi connectivity index (χ3v) is 3.97. The minimum atomic E-state index is -0.580. The number of carbonyl (C=O) groups is 1. The van der Waals surface area contributed by atoms with Crippen molar-refractivity contribution in [3.8, 4) is 0 Å². The summed E-state index contributed by atoms with van der Waals surface area (Å²) in [5.41, 5.74) is 5.24. The van der Waals surface area contributed by atoms with E-state index in [0.717, 1.165) is 19.3 Å². The molecular formula is C12H22N2O2. The Kier molecular flexibility index (Phi) is 3.22. The van der Waals surface area contributed by atoms with Crippen LogP contribution in [0, 0.1) is 5.92 Å². The van der Waals surface area contributed by atoms with E-state index >= 15 is 0 Å². The molecule has 2 aliphatic rings. The van der Waals surface area contributed by atoms with Crippen LogP contribution in [0.3, 0.4) is 0 Å². The minimum Gasteiger partial charge on any atom is -0.390 e. The second kappa shape index (κ2) is 4.34. The molecule has 2 fully saturated rings. The van der Waals surface area contributed by atoms with Gasteiger partial charge >= 0.3 is 0 Å². The molecule has 1 amide bonds. The summed E-state index contributed by atoms with van der Waals surface area (Å²) in [6.45, 7) is 3.23. The van der Waals surface area contributed by atoms with Gasteiger partial charge in [-0.25, -0.2) is 0 Å². The Balaban J connectivity index is 1.87. The van der Waals surface area contributed by atoms with Gasteiger partial charge in [0.2, 0.25) is 5.91 Å². The van der Waals surface area contributed by atoms with Crippen LogP contribution in [-0.4, -0.2) is 40.6 Å². The van der Waals surface area contributed by atoms with Gasteiger partial charge < -0.3 is 15.7 Å². The monoisotopic (exact) mass is 226 g/mol. The molecule has 2 unspecified atom stereocenters. The standard InChI is InChI=1S/C12H22N2O2/c1-12(16)4-6-14(7-5-12)11(15)9-2-3-10(13)8-9/h9-10,16H,2-8,13H2,1H3. The summed E-state index contributed by atoms with van der Waals surface area (Å²) >= 11 is 0. The molecule has 0 radical (unpaired) electrons. The van der Waals surface area contributed by atoms with Gasteiger partial charge in [-0.1, -0.05) is 0 Å². The number of amides is 1. The maximum absolute atomic E-state index is 12.1. The van der Waals surface area contributed by atoms with E-state index in [4.69, 9.17) is 5.73 Å². The van der Waals surface area contributed by atoms with Crippen molar-refractivity contribution in [3.05, 3.63) is 0 Å². The van der Waals surface area contributed by atoms with Gasteiger partial charge in [0.25, 0.3) is 0 Å². The fourth-order valence-corrected chi connectivity index (χ4v) is 2.71. The number of hydrogen-bond acceptors (Lipinski definition) is 3. The Labute approximate surface area is 96.8 Å². The van der Waals surface area contributed by atoms with Gasteiger partial charge in [0, 0.05) is 25.0 Å². The summed E-state index contributed by atoms with van der Waals surface area (Å²) in [6, 6.07) is 0.210. The fourth-order valence-electron chi connectivity index (χ4n) is 2.71. The Morgan fingerprint density at radius 2 is 2.00 bits per heavy atom. The molecule has 1 aliphatic heterocycles. The normalized spacial score (nSPS) is 34.1. The first-order chi connectivity index (χ1) is 7.48. The summed E-state index contributed by atoms with van der Waals surface area (Å²) < 4.78 is 0. The molecule has 16 heavy (non-hydrogen) atoms. The van der Waals surface area contributed by atoms with Gasteiger partial charge in [0.05, 0.1) is 5.60 Å². The molecule has 4 nitrogen and oxygen atoms in total. The second-order valence-corrected chi connectivity index (χ2v) is 5.59. The Morgan fingerprint density at radius 1 is 1.38 bits per heavy atom. The SMILES string of the molecule is CC1(O)CCN(C(=O)C2CCC(N)C2)CC1. The second-order valence-electron chi connectivity index (χ2n) is 5.59. The lowest BCUT2D eigenvalue weighted by Crippen LogP contribution is -2.46. The fraction of sp³-hybridized carbons (Fsp3) is 0.917.